The summed E-state index contributed by atoms with van der Waals surface area (Å²) in [4.78, 5) is 9.44. The van der Waals surface area contributed by atoms with Crippen LogP contribution in [0.4, 0.5) is 0 Å². The van der Waals surface area contributed by atoms with Crippen LogP contribution in [0.15, 0.2) is 84.0 Å². The highest BCUT2D eigenvalue weighted by Crippen LogP contribution is 2.36. The molecule has 124 valence electrons. The molecule has 1 atom stereocenters. The fourth-order valence-electron chi connectivity index (χ4n) is 3.93. The Morgan fingerprint density at radius 3 is 2.31 bits per heavy atom. The van der Waals surface area contributed by atoms with Gasteiger partial charge in [-0.3, -0.25) is 9.98 Å². The Bertz CT molecular complexity index is 1140. The normalized spacial score (nSPS) is 17.8. The van der Waals surface area contributed by atoms with Gasteiger partial charge in [0.05, 0.1) is 11.0 Å². The van der Waals surface area contributed by atoms with Crippen molar-refractivity contribution in [2.24, 2.45) is 10.9 Å². The van der Waals surface area contributed by atoms with Gasteiger partial charge in [0.1, 0.15) is 0 Å². The highest BCUT2D eigenvalue weighted by Gasteiger charge is 2.25. The van der Waals surface area contributed by atoms with E-state index in [9.17, 15) is 0 Å². The molecular formula is C24H18N2. The van der Waals surface area contributed by atoms with Gasteiger partial charge in [0.25, 0.3) is 0 Å². The molecule has 1 aromatic heterocycles. The van der Waals surface area contributed by atoms with Crippen molar-refractivity contribution in [2.45, 2.75) is 6.42 Å². The van der Waals surface area contributed by atoms with Crippen LogP contribution in [-0.2, 0) is 0 Å². The molecule has 0 radical (unpaired) electrons. The summed E-state index contributed by atoms with van der Waals surface area (Å²) in [5, 5.41) is 2.22. The Morgan fingerprint density at radius 2 is 1.54 bits per heavy atom. The van der Waals surface area contributed by atoms with Gasteiger partial charge in [-0.25, -0.2) is 0 Å². The van der Waals surface area contributed by atoms with E-state index in [0.717, 1.165) is 17.5 Å². The van der Waals surface area contributed by atoms with Crippen LogP contribution in [0.5, 0.6) is 0 Å². The van der Waals surface area contributed by atoms with E-state index >= 15 is 0 Å². The Balaban J connectivity index is 1.71. The quantitative estimate of drug-likeness (QED) is 0.699. The summed E-state index contributed by atoms with van der Waals surface area (Å²) in [7, 11) is 0. The van der Waals surface area contributed by atoms with Crippen LogP contribution < -0.4 is 10.6 Å². The molecule has 2 heteroatoms. The van der Waals surface area contributed by atoms with Gasteiger partial charge in [0, 0.05) is 23.5 Å². The first-order chi connectivity index (χ1) is 12.9. The second-order valence-corrected chi connectivity index (χ2v) is 6.63. The molecule has 26 heavy (non-hydrogen) atoms. The number of nitrogens with zero attached hydrogens (tertiary/aromatic N) is 2. The van der Waals surface area contributed by atoms with Crippen LogP contribution in [0.25, 0.3) is 28.5 Å². The van der Waals surface area contributed by atoms with E-state index in [1.807, 2.05) is 18.5 Å². The summed E-state index contributed by atoms with van der Waals surface area (Å²) < 4.78 is 0. The summed E-state index contributed by atoms with van der Waals surface area (Å²) in [6.07, 6.45) is 9.24. The van der Waals surface area contributed by atoms with Gasteiger partial charge in [0.2, 0.25) is 0 Å². The lowest BCUT2D eigenvalue weighted by Gasteiger charge is -2.25. The maximum absolute atomic E-state index is 4.74. The molecule has 0 fully saturated rings. The molecule has 0 amide bonds. The first-order valence-corrected chi connectivity index (χ1v) is 8.96. The van der Waals surface area contributed by atoms with Gasteiger partial charge in [-0.1, -0.05) is 66.7 Å². The molecule has 1 aliphatic heterocycles. The zero-order valence-electron chi connectivity index (χ0n) is 14.3. The average Bonchev–Trinajstić information content (AvgIpc) is 2.74. The molecule has 3 aromatic rings. The van der Waals surface area contributed by atoms with Crippen molar-refractivity contribution in [2.75, 3.05) is 0 Å². The molecule has 0 bridgehead atoms. The van der Waals surface area contributed by atoms with Crippen LogP contribution >= 0.6 is 0 Å². The zero-order chi connectivity index (χ0) is 17.3. The molecule has 0 spiro atoms. The summed E-state index contributed by atoms with van der Waals surface area (Å²) in [5.41, 5.74) is 6.12. The standard InChI is InChI=1S/C24H18N2/c1-3-7-17(8-4-1)19-13-15-25-23-21(19)11-12-22-20(14-16-26-24(22)23)18-9-5-2-6-10-18/h1-11,13-16,22H,12H2. The van der Waals surface area contributed by atoms with E-state index in [2.05, 4.69) is 72.8 Å². The van der Waals surface area contributed by atoms with E-state index in [1.165, 1.54) is 27.5 Å². The molecule has 1 aliphatic carbocycles. The van der Waals surface area contributed by atoms with Gasteiger partial charge in [0.15, 0.2) is 0 Å². The summed E-state index contributed by atoms with van der Waals surface area (Å²) >= 11 is 0. The maximum Gasteiger partial charge on any atom is 0.0926 e. The summed E-state index contributed by atoms with van der Waals surface area (Å²) in [6.45, 7) is 0. The van der Waals surface area contributed by atoms with Crippen molar-refractivity contribution in [3.63, 3.8) is 0 Å². The van der Waals surface area contributed by atoms with Crippen LogP contribution in [0.2, 0.25) is 0 Å². The molecular weight excluding hydrogens is 316 g/mol. The van der Waals surface area contributed by atoms with E-state index in [1.54, 1.807) is 0 Å². The molecule has 0 saturated carbocycles. The second kappa shape index (κ2) is 6.23. The van der Waals surface area contributed by atoms with E-state index in [4.69, 9.17) is 9.98 Å². The number of fused-ring (bicyclic) bond motifs is 2. The Labute approximate surface area is 152 Å². The highest BCUT2D eigenvalue weighted by molar-refractivity contribution is 5.95. The van der Waals surface area contributed by atoms with Crippen LogP contribution in [0.3, 0.4) is 0 Å². The number of pyridine rings is 1. The Hall–Kier alpha value is -3.26. The fraction of sp³-hybridized carbons (Fsp3) is 0.0833. The molecule has 5 rings (SSSR count). The summed E-state index contributed by atoms with van der Waals surface area (Å²) in [5.74, 6) is 0.272. The Kier molecular flexibility index (Phi) is 3.60. The van der Waals surface area contributed by atoms with Gasteiger partial charge in [-0.2, -0.15) is 0 Å². The third-order valence-electron chi connectivity index (χ3n) is 5.16. The molecule has 0 saturated heterocycles. The number of allylic oxidation sites excluding steroid dienone is 1. The summed E-state index contributed by atoms with van der Waals surface area (Å²) in [6, 6.07) is 23.2. The number of hydrogen-bond donors (Lipinski definition) is 0. The second-order valence-electron chi connectivity index (χ2n) is 6.63. The van der Waals surface area contributed by atoms with Crippen molar-refractivity contribution in [3.05, 3.63) is 95.1 Å². The van der Waals surface area contributed by atoms with Crippen molar-refractivity contribution in [1.82, 2.24) is 4.98 Å². The molecule has 2 aromatic carbocycles. The van der Waals surface area contributed by atoms with E-state index in [-0.39, 0.29) is 5.92 Å². The highest BCUT2D eigenvalue weighted by atomic mass is 14.8. The smallest absolute Gasteiger partial charge is 0.0926 e. The maximum atomic E-state index is 4.74. The monoisotopic (exact) mass is 334 g/mol. The van der Waals surface area contributed by atoms with Gasteiger partial charge in [-0.15, -0.1) is 0 Å². The van der Waals surface area contributed by atoms with Crippen molar-refractivity contribution in [3.8, 4) is 11.1 Å². The number of rotatable bonds is 2. The third-order valence-corrected chi connectivity index (χ3v) is 5.16. The molecule has 0 N–H and O–H groups in total. The fourth-order valence-corrected chi connectivity index (χ4v) is 3.93. The molecule has 1 unspecified atom stereocenters. The van der Waals surface area contributed by atoms with E-state index in [0.29, 0.717) is 0 Å². The third kappa shape index (κ3) is 2.42. The van der Waals surface area contributed by atoms with Gasteiger partial charge in [-0.05, 0) is 40.8 Å². The first-order valence-electron chi connectivity index (χ1n) is 8.96. The number of aliphatic imine (C=N–C) groups is 1. The lowest BCUT2D eigenvalue weighted by molar-refractivity contribution is 0.853. The van der Waals surface area contributed by atoms with Crippen LogP contribution in [0.1, 0.15) is 12.0 Å². The number of benzene rings is 2. The topological polar surface area (TPSA) is 25.2 Å². The zero-order valence-corrected chi connectivity index (χ0v) is 14.3. The average molecular weight is 334 g/mol. The minimum absolute atomic E-state index is 0.272. The molecule has 2 aliphatic rings. The van der Waals surface area contributed by atoms with Crippen LogP contribution in [-0.4, -0.2) is 11.2 Å². The van der Waals surface area contributed by atoms with E-state index < -0.39 is 0 Å². The minimum Gasteiger partial charge on any atom is -0.258 e. The number of hydrogen-bond acceptors (Lipinski definition) is 2. The van der Waals surface area contributed by atoms with Gasteiger partial charge >= 0.3 is 0 Å². The van der Waals surface area contributed by atoms with Crippen molar-refractivity contribution < 1.29 is 0 Å². The number of aromatic nitrogens is 1. The van der Waals surface area contributed by atoms with Gasteiger partial charge < -0.3 is 0 Å². The first kappa shape index (κ1) is 15.0. The number of dihydropyridines is 1. The minimum atomic E-state index is 0.272. The van der Waals surface area contributed by atoms with Crippen molar-refractivity contribution in [1.29, 1.82) is 0 Å². The predicted molar refractivity (Wildman–Crippen MR) is 108 cm³/mol. The lowest BCUT2D eigenvalue weighted by Crippen LogP contribution is -2.37. The van der Waals surface area contributed by atoms with Crippen LogP contribution in [0, 0.1) is 5.92 Å². The van der Waals surface area contributed by atoms with Crippen molar-refractivity contribution >= 4 is 23.6 Å². The Morgan fingerprint density at radius 1 is 0.808 bits per heavy atom. The lowest BCUT2D eigenvalue weighted by atomic mass is 9.82. The SMILES string of the molecule is C1=NC2=c3nccc(-c4ccccc4)c3=CCC2C(c2ccccc2)=C1. The largest absolute Gasteiger partial charge is 0.258 e. The predicted octanol–water partition coefficient (Wildman–Crippen LogP) is 3.83. The molecule has 2 nitrogen and oxygen atoms in total. The molecule has 2 heterocycles.